The Morgan fingerprint density at radius 2 is 1.28 bits per heavy atom. The first-order valence-corrected chi connectivity index (χ1v) is 8.42. The minimum atomic E-state index is 0.845. The van der Waals surface area contributed by atoms with Gasteiger partial charge in [-0.1, -0.05) is 74.1 Å². The molecule has 0 aromatic heterocycles. The second-order valence-electron chi connectivity index (χ2n) is 7.14. The summed E-state index contributed by atoms with van der Waals surface area (Å²) < 4.78 is 0. The van der Waals surface area contributed by atoms with Gasteiger partial charge in [-0.3, -0.25) is 0 Å². The number of rotatable bonds is 10. The normalized spacial score (nSPS) is 18.7. The highest BCUT2D eigenvalue weighted by molar-refractivity contribution is 4.74. The molecule has 0 bridgehead atoms. The van der Waals surface area contributed by atoms with E-state index in [1.807, 2.05) is 0 Å². The molecule has 18 heavy (non-hydrogen) atoms. The van der Waals surface area contributed by atoms with Crippen LogP contribution in [0.25, 0.3) is 0 Å². The summed E-state index contributed by atoms with van der Waals surface area (Å²) in [4.78, 5) is 0. The van der Waals surface area contributed by atoms with E-state index >= 15 is 0 Å². The third-order valence-electron chi connectivity index (χ3n) is 4.63. The molecule has 0 rings (SSSR count). The second-order valence-corrected chi connectivity index (χ2v) is 7.14. The van der Waals surface area contributed by atoms with Crippen molar-refractivity contribution >= 4 is 0 Å². The van der Waals surface area contributed by atoms with E-state index in [2.05, 4.69) is 48.5 Å². The summed E-state index contributed by atoms with van der Waals surface area (Å²) >= 11 is 0. The van der Waals surface area contributed by atoms with Crippen LogP contribution in [0.5, 0.6) is 0 Å². The fraction of sp³-hybridized carbons (Fsp3) is 1.00. The zero-order chi connectivity index (χ0) is 14.1. The van der Waals surface area contributed by atoms with Crippen molar-refractivity contribution in [1.82, 2.24) is 0 Å². The van der Waals surface area contributed by atoms with Gasteiger partial charge in [0.25, 0.3) is 0 Å². The molecule has 0 saturated carbocycles. The Morgan fingerprint density at radius 3 is 1.72 bits per heavy atom. The Hall–Kier alpha value is 0. The second kappa shape index (κ2) is 9.87. The van der Waals surface area contributed by atoms with Crippen molar-refractivity contribution in [2.45, 2.75) is 87.0 Å². The summed E-state index contributed by atoms with van der Waals surface area (Å²) in [5.41, 5.74) is 0. The molecule has 0 aliphatic rings. The highest BCUT2D eigenvalue weighted by Gasteiger charge is 2.24. The van der Waals surface area contributed by atoms with E-state index in [1.54, 1.807) is 0 Å². The molecule has 0 radical (unpaired) electrons. The standard InChI is InChI=1S/C18H38/c1-8-10-15(5)13-18(11-9-2)17(7)16(6)12-14(3)4/h14-18H,8-13H2,1-7H3. The molecule has 4 unspecified atom stereocenters. The molecule has 0 aromatic carbocycles. The molecule has 0 amide bonds. The molecule has 0 aliphatic heterocycles. The van der Waals surface area contributed by atoms with Gasteiger partial charge < -0.3 is 0 Å². The molecule has 0 fully saturated rings. The van der Waals surface area contributed by atoms with Gasteiger partial charge in [-0.05, 0) is 42.4 Å². The third kappa shape index (κ3) is 7.44. The summed E-state index contributed by atoms with van der Waals surface area (Å²) in [6, 6.07) is 0. The average molecular weight is 255 g/mol. The summed E-state index contributed by atoms with van der Waals surface area (Å²) in [6.07, 6.45) is 8.37. The molecule has 0 nitrogen and oxygen atoms in total. The van der Waals surface area contributed by atoms with E-state index in [1.165, 1.54) is 38.5 Å². The lowest BCUT2D eigenvalue weighted by atomic mass is 9.74. The van der Waals surface area contributed by atoms with Crippen LogP contribution in [0.15, 0.2) is 0 Å². The zero-order valence-electron chi connectivity index (χ0n) is 14.1. The van der Waals surface area contributed by atoms with E-state index < -0.39 is 0 Å². The van der Waals surface area contributed by atoms with Gasteiger partial charge in [0, 0.05) is 0 Å². The summed E-state index contributed by atoms with van der Waals surface area (Å²) in [7, 11) is 0. The molecule has 0 N–H and O–H groups in total. The smallest absolute Gasteiger partial charge is 0.0384 e. The van der Waals surface area contributed by atoms with Gasteiger partial charge in [0.05, 0.1) is 0 Å². The number of hydrogen-bond donors (Lipinski definition) is 0. The quantitative estimate of drug-likeness (QED) is 0.415. The van der Waals surface area contributed by atoms with Crippen LogP contribution in [-0.4, -0.2) is 0 Å². The van der Waals surface area contributed by atoms with E-state index in [9.17, 15) is 0 Å². The number of hydrogen-bond acceptors (Lipinski definition) is 0. The predicted octanol–water partition coefficient (Wildman–Crippen LogP) is 6.55. The van der Waals surface area contributed by atoms with Crippen molar-refractivity contribution < 1.29 is 0 Å². The van der Waals surface area contributed by atoms with Crippen LogP contribution in [-0.2, 0) is 0 Å². The van der Waals surface area contributed by atoms with Crippen molar-refractivity contribution in [1.29, 1.82) is 0 Å². The van der Waals surface area contributed by atoms with Crippen molar-refractivity contribution in [2.24, 2.45) is 29.6 Å². The maximum Gasteiger partial charge on any atom is -0.0384 e. The van der Waals surface area contributed by atoms with Crippen LogP contribution >= 0.6 is 0 Å². The van der Waals surface area contributed by atoms with E-state index in [-0.39, 0.29) is 0 Å². The largest absolute Gasteiger partial charge is 0.0654 e. The van der Waals surface area contributed by atoms with Crippen LogP contribution in [0.2, 0.25) is 0 Å². The summed E-state index contributed by atoms with van der Waals surface area (Å²) in [5.74, 6) is 4.49. The minimum Gasteiger partial charge on any atom is -0.0654 e. The topological polar surface area (TPSA) is 0 Å². The molecule has 0 aromatic rings. The average Bonchev–Trinajstić information content (AvgIpc) is 2.26. The maximum absolute atomic E-state index is 2.51. The first kappa shape index (κ1) is 18.0. The summed E-state index contributed by atoms with van der Waals surface area (Å²) in [6.45, 7) is 16.8. The van der Waals surface area contributed by atoms with Gasteiger partial charge in [-0.15, -0.1) is 0 Å². The Balaban J connectivity index is 4.37. The van der Waals surface area contributed by atoms with Crippen molar-refractivity contribution in [3.63, 3.8) is 0 Å². The lowest BCUT2D eigenvalue weighted by Crippen LogP contribution is -2.22. The fourth-order valence-electron chi connectivity index (χ4n) is 3.52. The summed E-state index contributed by atoms with van der Waals surface area (Å²) in [5, 5.41) is 0. The maximum atomic E-state index is 2.51. The van der Waals surface area contributed by atoms with Crippen molar-refractivity contribution in [2.75, 3.05) is 0 Å². The van der Waals surface area contributed by atoms with Crippen molar-refractivity contribution in [3.8, 4) is 0 Å². The lowest BCUT2D eigenvalue weighted by molar-refractivity contribution is 0.188. The van der Waals surface area contributed by atoms with Gasteiger partial charge in [-0.25, -0.2) is 0 Å². The molecule has 0 aliphatic carbocycles. The van der Waals surface area contributed by atoms with Gasteiger partial charge in [0.15, 0.2) is 0 Å². The molecule has 110 valence electrons. The van der Waals surface area contributed by atoms with Crippen LogP contribution < -0.4 is 0 Å². The van der Waals surface area contributed by atoms with Crippen LogP contribution in [0.3, 0.4) is 0 Å². The van der Waals surface area contributed by atoms with Crippen LogP contribution in [0.1, 0.15) is 87.0 Å². The van der Waals surface area contributed by atoms with Gasteiger partial charge in [0.1, 0.15) is 0 Å². The minimum absolute atomic E-state index is 0.845. The molecule has 0 heterocycles. The Bertz CT molecular complexity index is 182. The predicted molar refractivity (Wildman–Crippen MR) is 84.9 cm³/mol. The first-order chi connectivity index (χ1) is 8.42. The van der Waals surface area contributed by atoms with Crippen LogP contribution in [0, 0.1) is 29.6 Å². The van der Waals surface area contributed by atoms with E-state index in [0.717, 1.165) is 29.6 Å². The molecular formula is C18H38. The highest BCUT2D eigenvalue weighted by atomic mass is 14.3. The van der Waals surface area contributed by atoms with Gasteiger partial charge in [-0.2, -0.15) is 0 Å². The van der Waals surface area contributed by atoms with Gasteiger partial charge >= 0.3 is 0 Å². The Kier molecular flexibility index (Phi) is 9.87. The highest BCUT2D eigenvalue weighted by Crippen LogP contribution is 2.34. The molecule has 0 saturated heterocycles. The molecule has 4 atom stereocenters. The molecule has 0 heteroatoms. The first-order valence-electron chi connectivity index (χ1n) is 8.42. The molecule has 0 spiro atoms. The Labute approximate surface area is 117 Å². The SMILES string of the molecule is CCCC(C)CC(CCC)C(C)C(C)CC(C)C. The van der Waals surface area contributed by atoms with Crippen LogP contribution in [0.4, 0.5) is 0 Å². The Morgan fingerprint density at radius 1 is 0.722 bits per heavy atom. The van der Waals surface area contributed by atoms with Gasteiger partial charge in [0.2, 0.25) is 0 Å². The van der Waals surface area contributed by atoms with Crippen molar-refractivity contribution in [3.05, 3.63) is 0 Å². The third-order valence-corrected chi connectivity index (χ3v) is 4.63. The lowest BCUT2D eigenvalue weighted by Gasteiger charge is -2.31. The zero-order valence-corrected chi connectivity index (χ0v) is 14.1. The molecular weight excluding hydrogens is 216 g/mol. The van der Waals surface area contributed by atoms with E-state index in [0.29, 0.717) is 0 Å². The van der Waals surface area contributed by atoms with E-state index in [4.69, 9.17) is 0 Å². The monoisotopic (exact) mass is 254 g/mol. The fourth-order valence-corrected chi connectivity index (χ4v) is 3.52.